The maximum Gasteiger partial charge on any atom is 0.305 e. The van der Waals surface area contributed by atoms with E-state index in [2.05, 4.69) is 0 Å². The summed E-state index contributed by atoms with van der Waals surface area (Å²) in [5.41, 5.74) is 6.23. The molecule has 1 aromatic rings. The Hall–Kier alpha value is -0.770. The van der Waals surface area contributed by atoms with Gasteiger partial charge < -0.3 is 10.8 Å². The van der Waals surface area contributed by atoms with Crippen LogP contribution in [0.3, 0.4) is 0 Å². The minimum atomic E-state index is -0.955. The highest BCUT2D eigenvalue weighted by atomic mass is 35.5. The minimum Gasteiger partial charge on any atom is -0.481 e. The van der Waals surface area contributed by atoms with E-state index in [1.54, 1.807) is 18.2 Å². The van der Waals surface area contributed by atoms with Crippen LogP contribution >= 0.6 is 23.2 Å². The average Bonchev–Trinajstić information content (AvgIpc) is 2.01. The van der Waals surface area contributed by atoms with Crippen LogP contribution in [0.15, 0.2) is 18.2 Å². The lowest BCUT2D eigenvalue weighted by Gasteiger charge is -2.11. The highest BCUT2D eigenvalue weighted by Crippen LogP contribution is 2.26. The molecule has 0 amide bonds. The van der Waals surface area contributed by atoms with Crippen LogP contribution in [0.4, 0.5) is 0 Å². The van der Waals surface area contributed by atoms with Gasteiger partial charge in [-0.15, -0.1) is 0 Å². The molecular weight excluding hydrogens is 225 g/mol. The Labute approximate surface area is 91.4 Å². The summed E-state index contributed by atoms with van der Waals surface area (Å²) < 4.78 is 0. The number of nitrogens with two attached hydrogens (primary N) is 1. The summed E-state index contributed by atoms with van der Waals surface area (Å²) in [4.78, 5) is 10.4. The number of rotatable bonds is 3. The summed E-state index contributed by atoms with van der Waals surface area (Å²) in [6.07, 6.45) is -0.151. The zero-order valence-electron chi connectivity index (χ0n) is 7.21. The fraction of sp³-hybridized carbons (Fsp3) is 0.222. The molecule has 0 aliphatic rings. The van der Waals surface area contributed by atoms with Crippen LogP contribution in [0.1, 0.15) is 18.0 Å². The topological polar surface area (TPSA) is 63.3 Å². The number of halogens is 2. The van der Waals surface area contributed by atoms with E-state index >= 15 is 0 Å². The number of carboxylic acid groups (broad SMARTS) is 1. The number of hydrogen-bond donors (Lipinski definition) is 2. The van der Waals surface area contributed by atoms with E-state index in [1.807, 2.05) is 0 Å². The zero-order valence-corrected chi connectivity index (χ0v) is 8.72. The fourth-order valence-corrected chi connectivity index (χ4v) is 1.65. The summed E-state index contributed by atoms with van der Waals surface area (Å²) in [7, 11) is 0. The van der Waals surface area contributed by atoms with Gasteiger partial charge in [0.25, 0.3) is 0 Å². The number of aliphatic carboxylic acids is 1. The maximum absolute atomic E-state index is 10.4. The van der Waals surface area contributed by atoms with Gasteiger partial charge in [-0.25, -0.2) is 0 Å². The first-order chi connectivity index (χ1) is 6.50. The third kappa shape index (κ3) is 2.87. The smallest absolute Gasteiger partial charge is 0.305 e. The van der Waals surface area contributed by atoms with Crippen molar-refractivity contribution in [3.63, 3.8) is 0 Å². The number of benzene rings is 1. The monoisotopic (exact) mass is 233 g/mol. The van der Waals surface area contributed by atoms with Crippen molar-refractivity contribution in [2.45, 2.75) is 12.5 Å². The largest absolute Gasteiger partial charge is 0.481 e. The molecule has 1 rings (SSSR count). The van der Waals surface area contributed by atoms with E-state index in [1.165, 1.54) is 0 Å². The van der Waals surface area contributed by atoms with Crippen molar-refractivity contribution >= 4 is 29.2 Å². The van der Waals surface area contributed by atoms with Gasteiger partial charge in [-0.3, -0.25) is 4.79 Å². The van der Waals surface area contributed by atoms with Crippen molar-refractivity contribution in [3.8, 4) is 0 Å². The van der Waals surface area contributed by atoms with Gasteiger partial charge >= 0.3 is 5.97 Å². The summed E-state index contributed by atoms with van der Waals surface area (Å²) in [6, 6.07) is 4.21. The third-order valence-corrected chi connectivity index (χ3v) is 2.32. The van der Waals surface area contributed by atoms with E-state index in [0.717, 1.165) is 0 Å². The van der Waals surface area contributed by atoms with Crippen molar-refractivity contribution in [2.75, 3.05) is 0 Å². The summed E-state index contributed by atoms with van der Waals surface area (Å²) >= 11 is 11.5. The Kier molecular flexibility index (Phi) is 3.75. The molecule has 0 aliphatic heterocycles. The molecule has 3 nitrogen and oxygen atoms in total. The first-order valence-electron chi connectivity index (χ1n) is 3.93. The van der Waals surface area contributed by atoms with Crippen LogP contribution in [0.5, 0.6) is 0 Å². The van der Waals surface area contributed by atoms with Crippen LogP contribution in [-0.2, 0) is 4.79 Å². The molecule has 0 unspecified atom stereocenters. The lowest BCUT2D eigenvalue weighted by Crippen LogP contribution is -2.15. The van der Waals surface area contributed by atoms with Gasteiger partial charge in [0, 0.05) is 16.1 Å². The number of carboxylic acids is 1. The van der Waals surface area contributed by atoms with Gasteiger partial charge in [-0.2, -0.15) is 0 Å². The number of carbonyl (C=O) groups is 1. The molecule has 0 aliphatic carbocycles. The molecule has 1 aromatic carbocycles. The van der Waals surface area contributed by atoms with Crippen molar-refractivity contribution in [1.82, 2.24) is 0 Å². The predicted molar refractivity (Wildman–Crippen MR) is 55.6 cm³/mol. The zero-order chi connectivity index (χ0) is 10.7. The van der Waals surface area contributed by atoms with Gasteiger partial charge in [0.15, 0.2) is 0 Å². The highest BCUT2D eigenvalue weighted by Gasteiger charge is 2.13. The van der Waals surface area contributed by atoms with Crippen LogP contribution in [0, 0.1) is 0 Å². The lowest BCUT2D eigenvalue weighted by atomic mass is 10.1. The lowest BCUT2D eigenvalue weighted by molar-refractivity contribution is -0.137. The molecule has 0 spiro atoms. The van der Waals surface area contributed by atoms with E-state index in [4.69, 9.17) is 34.0 Å². The minimum absolute atomic E-state index is 0.151. The quantitative estimate of drug-likeness (QED) is 0.844. The Bertz CT molecular complexity index is 355. The molecule has 0 radical (unpaired) electrons. The normalized spacial score (nSPS) is 12.5. The summed E-state index contributed by atoms with van der Waals surface area (Å²) in [5, 5.41) is 9.44. The third-order valence-electron chi connectivity index (χ3n) is 1.76. The standard InChI is InChI=1S/C9H9Cl2NO2/c10-5-1-2-6(7(11)3-5)8(12)4-9(13)14/h1-3,8H,4,12H2,(H,13,14)/t8-/m1/s1. The van der Waals surface area contributed by atoms with Crippen molar-refractivity contribution < 1.29 is 9.90 Å². The van der Waals surface area contributed by atoms with Crippen LogP contribution in [0.2, 0.25) is 10.0 Å². The van der Waals surface area contributed by atoms with Gasteiger partial charge in [-0.05, 0) is 17.7 Å². The highest BCUT2D eigenvalue weighted by molar-refractivity contribution is 6.35. The van der Waals surface area contributed by atoms with Crippen LogP contribution in [-0.4, -0.2) is 11.1 Å². The van der Waals surface area contributed by atoms with Gasteiger partial charge in [0.2, 0.25) is 0 Å². The fourth-order valence-electron chi connectivity index (χ4n) is 1.10. The molecule has 0 aromatic heterocycles. The molecule has 0 fully saturated rings. The first-order valence-corrected chi connectivity index (χ1v) is 4.68. The molecule has 14 heavy (non-hydrogen) atoms. The second-order valence-corrected chi connectivity index (χ2v) is 3.71. The molecule has 0 saturated carbocycles. The molecule has 1 atom stereocenters. The molecule has 0 saturated heterocycles. The SMILES string of the molecule is N[C@H](CC(=O)O)c1ccc(Cl)cc1Cl. The van der Waals surface area contributed by atoms with Crippen molar-refractivity contribution in [3.05, 3.63) is 33.8 Å². The Balaban J connectivity index is 2.90. The van der Waals surface area contributed by atoms with E-state index in [-0.39, 0.29) is 6.42 Å². The van der Waals surface area contributed by atoms with Crippen LogP contribution in [0.25, 0.3) is 0 Å². The Morgan fingerprint density at radius 3 is 2.64 bits per heavy atom. The molecule has 76 valence electrons. The number of hydrogen-bond acceptors (Lipinski definition) is 2. The molecule has 0 heterocycles. The average molecular weight is 234 g/mol. The maximum atomic E-state index is 10.4. The van der Waals surface area contributed by atoms with E-state index in [9.17, 15) is 4.79 Å². The Morgan fingerprint density at radius 1 is 1.50 bits per heavy atom. The molecular formula is C9H9Cl2NO2. The van der Waals surface area contributed by atoms with Crippen molar-refractivity contribution in [2.24, 2.45) is 5.73 Å². The van der Waals surface area contributed by atoms with E-state index < -0.39 is 12.0 Å². The van der Waals surface area contributed by atoms with Gasteiger partial charge in [0.1, 0.15) is 0 Å². The van der Waals surface area contributed by atoms with Crippen LogP contribution < -0.4 is 5.73 Å². The predicted octanol–water partition coefficient (Wildman–Crippen LogP) is 2.47. The molecule has 0 bridgehead atoms. The molecule has 3 N–H and O–H groups in total. The first kappa shape index (κ1) is 11.3. The summed E-state index contributed by atoms with van der Waals surface area (Å²) in [5.74, 6) is -0.955. The van der Waals surface area contributed by atoms with Gasteiger partial charge in [0.05, 0.1) is 6.42 Å². The second kappa shape index (κ2) is 4.64. The van der Waals surface area contributed by atoms with Gasteiger partial charge in [-0.1, -0.05) is 29.3 Å². The second-order valence-electron chi connectivity index (χ2n) is 2.87. The Morgan fingerprint density at radius 2 is 2.14 bits per heavy atom. The van der Waals surface area contributed by atoms with E-state index in [0.29, 0.717) is 15.6 Å². The molecule has 5 heteroatoms. The van der Waals surface area contributed by atoms with Crippen molar-refractivity contribution in [1.29, 1.82) is 0 Å². The summed E-state index contributed by atoms with van der Waals surface area (Å²) in [6.45, 7) is 0.